The Hall–Kier alpha value is -4.00. The molecule has 30 heavy (non-hydrogen) atoms. The maximum Gasteiger partial charge on any atom is 0.269 e. The molecule has 3 N–H and O–H groups in total. The number of fused-ring (bicyclic) bond motifs is 1. The molecule has 3 aromatic heterocycles. The fourth-order valence-corrected chi connectivity index (χ4v) is 3.21. The second-order valence-corrected chi connectivity index (χ2v) is 6.80. The van der Waals surface area contributed by atoms with Crippen LogP contribution in [0.15, 0.2) is 73.2 Å². The number of hydrogen-bond donors (Lipinski definition) is 3. The van der Waals surface area contributed by atoms with Crippen molar-refractivity contribution >= 4 is 22.7 Å². The number of nitrogens with one attached hydrogen (secondary N) is 3. The Morgan fingerprint density at radius 3 is 2.63 bits per heavy atom. The van der Waals surface area contributed by atoms with Crippen LogP contribution in [0, 0.1) is 0 Å². The Morgan fingerprint density at radius 1 is 0.900 bits per heavy atom. The minimum atomic E-state index is -0.311. The molecule has 1 aromatic carbocycles. The number of aromatic nitrogens is 3. The molecule has 0 aliphatic rings. The van der Waals surface area contributed by atoms with Crippen molar-refractivity contribution in [2.24, 2.45) is 0 Å². The van der Waals surface area contributed by atoms with Crippen molar-refractivity contribution in [1.82, 2.24) is 25.6 Å². The van der Waals surface area contributed by atoms with Gasteiger partial charge in [0.15, 0.2) is 0 Å². The first-order chi connectivity index (χ1) is 14.7. The minimum absolute atomic E-state index is 0.208. The summed E-state index contributed by atoms with van der Waals surface area (Å²) >= 11 is 0. The quantitative estimate of drug-likeness (QED) is 0.445. The van der Waals surface area contributed by atoms with E-state index in [0.717, 1.165) is 22.2 Å². The van der Waals surface area contributed by atoms with Crippen molar-refractivity contribution in [3.05, 3.63) is 95.7 Å². The van der Waals surface area contributed by atoms with E-state index in [0.29, 0.717) is 25.1 Å². The van der Waals surface area contributed by atoms with Crippen LogP contribution in [0.25, 0.3) is 10.9 Å². The highest BCUT2D eigenvalue weighted by atomic mass is 16.2. The van der Waals surface area contributed by atoms with Crippen LogP contribution in [0.5, 0.6) is 0 Å². The first-order valence-corrected chi connectivity index (χ1v) is 9.68. The minimum Gasteiger partial charge on any atom is -0.361 e. The number of para-hydroxylation sites is 1. The first kappa shape index (κ1) is 19.3. The molecule has 2 amide bonds. The van der Waals surface area contributed by atoms with Crippen LogP contribution in [-0.4, -0.2) is 33.3 Å². The molecule has 0 radical (unpaired) electrons. The maximum absolute atomic E-state index is 12.5. The Balaban J connectivity index is 1.33. The summed E-state index contributed by atoms with van der Waals surface area (Å²) in [6.07, 6.45) is 5.79. The fraction of sp³-hybridized carbons (Fsp3) is 0.130. The van der Waals surface area contributed by atoms with Gasteiger partial charge in [-0.25, -0.2) is 0 Å². The number of pyridine rings is 2. The van der Waals surface area contributed by atoms with Gasteiger partial charge in [0.25, 0.3) is 11.8 Å². The van der Waals surface area contributed by atoms with E-state index in [1.54, 1.807) is 12.3 Å². The highest BCUT2D eigenvalue weighted by Gasteiger charge is 2.12. The zero-order valence-corrected chi connectivity index (χ0v) is 16.3. The highest BCUT2D eigenvalue weighted by molar-refractivity contribution is 5.98. The van der Waals surface area contributed by atoms with Crippen LogP contribution in [-0.2, 0) is 13.0 Å². The van der Waals surface area contributed by atoms with Crippen LogP contribution in [0.2, 0.25) is 0 Å². The molecule has 0 bridgehead atoms. The number of carbonyl (C=O) groups is 2. The molecule has 0 saturated carbocycles. The lowest BCUT2D eigenvalue weighted by molar-refractivity contribution is 0.0949. The van der Waals surface area contributed by atoms with E-state index in [9.17, 15) is 9.59 Å². The van der Waals surface area contributed by atoms with Gasteiger partial charge in [0.05, 0.1) is 12.2 Å². The van der Waals surface area contributed by atoms with Gasteiger partial charge in [-0.1, -0.05) is 24.3 Å². The summed E-state index contributed by atoms with van der Waals surface area (Å²) < 4.78 is 0. The predicted molar refractivity (Wildman–Crippen MR) is 114 cm³/mol. The summed E-state index contributed by atoms with van der Waals surface area (Å²) in [5, 5.41) is 6.81. The van der Waals surface area contributed by atoms with Gasteiger partial charge in [-0.15, -0.1) is 0 Å². The molecule has 150 valence electrons. The molecule has 4 aromatic rings. The number of carbonyl (C=O) groups excluding carboxylic acids is 2. The molecule has 0 fully saturated rings. The van der Waals surface area contributed by atoms with Gasteiger partial charge < -0.3 is 15.6 Å². The topological polar surface area (TPSA) is 99.8 Å². The van der Waals surface area contributed by atoms with Gasteiger partial charge in [0.1, 0.15) is 5.69 Å². The van der Waals surface area contributed by atoms with E-state index in [-0.39, 0.29) is 17.5 Å². The number of benzene rings is 1. The second-order valence-electron chi connectivity index (χ2n) is 6.80. The van der Waals surface area contributed by atoms with Crippen molar-refractivity contribution in [1.29, 1.82) is 0 Å². The lowest BCUT2D eigenvalue weighted by atomic mass is 10.1. The maximum atomic E-state index is 12.5. The van der Waals surface area contributed by atoms with E-state index in [1.807, 2.05) is 42.6 Å². The third kappa shape index (κ3) is 4.52. The van der Waals surface area contributed by atoms with Crippen molar-refractivity contribution in [3.63, 3.8) is 0 Å². The SMILES string of the molecule is O=C(NCc1ccccn1)c1ccnc(C(=O)NCCc2c[nH]c3ccccc23)c1. The average Bonchev–Trinajstić information content (AvgIpc) is 3.21. The van der Waals surface area contributed by atoms with Crippen molar-refractivity contribution in [2.45, 2.75) is 13.0 Å². The zero-order chi connectivity index (χ0) is 20.8. The largest absolute Gasteiger partial charge is 0.361 e. The fourth-order valence-electron chi connectivity index (χ4n) is 3.21. The molecule has 0 aliphatic carbocycles. The van der Waals surface area contributed by atoms with Gasteiger partial charge in [-0.3, -0.25) is 19.6 Å². The molecule has 0 aliphatic heterocycles. The summed E-state index contributed by atoms with van der Waals surface area (Å²) in [7, 11) is 0. The number of aromatic amines is 1. The predicted octanol–water partition coefficient (Wildman–Crippen LogP) is 2.86. The Bertz CT molecular complexity index is 1170. The number of hydrogen-bond acceptors (Lipinski definition) is 4. The van der Waals surface area contributed by atoms with Crippen molar-refractivity contribution in [3.8, 4) is 0 Å². The summed E-state index contributed by atoms with van der Waals surface area (Å²) in [5.74, 6) is -0.592. The lowest BCUT2D eigenvalue weighted by Crippen LogP contribution is -2.28. The molecule has 3 heterocycles. The molecule has 4 rings (SSSR count). The lowest BCUT2D eigenvalue weighted by Gasteiger charge is -2.07. The smallest absolute Gasteiger partial charge is 0.269 e. The van der Waals surface area contributed by atoms with E-state index in [1.165, 1.54) is 12.3 Å². The van der Waals surface area contributed by atoms with Crippen molar-refractivity contribution < 1.29 is 9.59 Å². The molecule has 0 spiro atoms. The number of nitrogens with zero attached hydrogens (tertiary/aromatic N) is 2. The Labute approximate surface area is 173 Å². The van der Waals surface area contributed by atoms with Gasteiger partial charge in [-0.2, -0.15) is 0 Å². The van der Waals surface area contributed by atoms with E-state index in [2.05, 4.69) is 31.7 Å². The normalized spacial score (nSPS) is 10.7. The van der Waals surface area contributed by atoms with Crippen molar-refractivity contribution in [2.75, 3.05) is 6.54 Å². The van der Waals surface area contributed by atoms with E-state index >= 15 is 0 Å². The molecule has 7 heteroatoms. The third-order valence-corrected chi connectivity index (χ3v) is 4.77. The van der Waals surface area contributed by atoms with E-state index < -0.39 is 0 Å². The molecule has 0 saturated heterocycles. The monoisotopic (exact) mass is 399 g/mol. The first-order valence-electron chi connectivity index (χ1n) is 9.68. The van der Waals surface area contributed by atoms with E-state index in [4.69, 9.17) is 0 Å². The summed E-state index contributed by atoms with van der Waals surface area (Å²) in [5.41, 5.74) is 3.56. The number of rotatable bonds is 7. The van der Waals surface area contributed by atoms with Gasteiger partial charge in [0.2, 0.25) is 0 Å². The Kier molecular flexibility index (Phi) is 5.80. The van der Waals surface area contributed by atoms with Crippen LogP contribution in [0.4, 0.5) is 0 Å². The van der Waals surface area contributed by atoms with Gasteiger partial charge in [0, 0.05) is 41.6 Å². The van der Waals surface area contributed by atoms with Crippen LogP contribution >= 0.6 is 0 Å². The summed E-state index contributed by atoms with van der Waals surface area (Å²) in [6.45, 7) is 0.784. The van der Waals surface area contributed by atoms with Gasteiger partial charge >= 0.3 is 0 Å². The number of amides is 2. The molecule has 0 atom stereocenters. The summed E-state index contributed by atoms with van der Waals surface area (Å²) in [4.78, 5) is 36.3. The number of H-pyrrole nitrogens is 1. The zero-order valence-electron chi connectivity index (χ0n) is 16.3. The molecular weight excluding hydrogens is 378 g/mol. The molecule has 0 unspecified atom stereocenters. The van der Waals surface area contributed by atoms with Gasteiger partial charge in [-0.05, 0) is 42.3 Å². The van der Waals surface area contributed by atoms with Crippen LogP contribution < -0.4 is 10.6 Å². The summed E-state index contributed by atoms with van der Waals surface area (Å²) in [6, 6.07) is 16.6. The van der Waals surface area contributed by atoms with Crippen LogP contribution in [0.3, 0.4) is 0 Å². The average molecular weight is 399 g/mol. The molecule has 7 nitrogen and oxygen atoms in total. The second kappa shape index (κ2) is 9.00. The molecular formula is C23H21N5O2. The third-order valence-electron chi connectivity index (χ3n) is 4.77. The van der Waals surface area contributed by atoms with Crippen LogP contribution in [0.1, 0.15) is 32.1 Å². The standard InChI is InChI=1S/C23H21N5O2/c29-22(28-15-18-5-3-4-10-24-18)16-8-11-25-21(13-16)23(30)26-12-9-17-14-27-20-7-2-1-6-19(17)20/h1-8,10-11,13-14,27H,9,12,15H2,(H,26,30)(H,28,29). The highest BCUT2D eigenvalue weighted by Crippen LogP contribution is 2.17. The Morgan fingerprint density at radius 2 is 1.77 bits per heavy atom.